The molecule has 7 heteroatoms. The summed E-state index contributed by atoms with van der Waals surface area (Å²) in [6, 6.07) is 3.80. The first-order valence-electron chi connectivity index (χ1n) is 7.61. The van der Waals surface area contributed by atoms with Gasteiger partial charge in [0.2, 0.25) is 0 Å². The molecule has 0 amide bonds. The van der Waals surface area contributed by atoms with E-state index in [0.29, 0.717) is 12.1 Å². The molecule has 0 saturated heterocycles. The van der Waals surface area contributed by atoms with Crippen LogP contribution in [0.1, 0.15) is 41.9 Å². The molecule has 0 unspecified atom stereocenters. The molecule has 1 fully saturated rings. The van der Waals surface area contributed by atoms with Gasteiger partial charge in [-0.1, -0.05) is 12.8 Å². The Labute approximate surface area is 137 Å². The van der Waals surface area contributed by atoms with Crippen LogP contribution in [0.25, 0.3) is 0 Å². The highest BCUT2D eigenvalue weighted by molar-refractivity contribution is 7.09. The van der Waals surface area contributed by atoms with E-state index in [1.54, 1.807) is 11.3 Å². The van der Waals surface area contributed by atoms with Gasteiger partial charge in [0.05, 0.1) is 16.5 Å². The Morgan fingerprint density at radius 1 is 1.43 bits per heavy atom. The van der Waals surface area contributed by atoms with Crippen LogP contribution in [0.15, 0.2) is 23.6 Å². The van der Waals surface area contributed by atoms with Crippen molar-refractivity contribution in [1.29, 1.82) is 0 Å². The SMILES string of the molecule is Cc1csc(C2(NCc3ccc([N+](=O)[O-])cc3F)CCCC2)n1. The summed E-state index contributed by atoms with van der Waals surface area (Å²) in [6.07, 6.45) is 4.20. The molecule has 1 aromatic carbocycles. The largest absolute Gasteiger partial charge is 0.301 e. The van der Waals surface area contributed by atoms with Crippen molar-refractivity contribution in [3.8, 4) is 0 Å². The van der Waals surface area contributed by atoms with Gasteiger partial charge in [-0.3, -0.25) is 10.1 Å². The summed E-state index contributed by atoms with van der Waals surface area (Å²) in [6.45, 7) is 2.31. The lowest BCUT2D eigenvalue weighted by Crippen LogP contribution is -2.39. The van der Waals surface area contributed by atoms with E-state index in [-0.39, 0.29) is 11.2 Å². The summed E-state index contributed by atoms with van der Waals surface area (Å²) < 4.78 is 14.1. The second kappa shape index (κ2) is 6.33. The number of non-ortho nitro benzene ring substituents is 1. The Balaban J connectivity index is 1.79. The molecule has 5 nitrogen and oxygen atoms in total. The number of benzene rings is 1. The minimum atomic E-state index is -0.586. The van der Waals surface area contributed by atoms with E-state index < -0.39 is 10.7 Å². The van der Waals surface area contributed by atoms with E-state index in [1.807, 2.05) is 12.3 Å². The van der Waals surface area contributed by atoms with Crippen molar-refractivity contribution in [3.05, 3.63) is 55.8 Å². The smallest absolute Gasteiger partial charge is 0.272 e. The molecule has 2 aromatic rings. The lowest BCUT2D eigenvalue weighted by molar-refractivity contribution is -0.385. The summed E-state index contributed by atoms with van der Waals surface area (Å²) in [7, 11) is 0. The van der Waals surface area contributed by atoms with Crippen molar-refractivity contribution in [2.24, 2.45) is 0 Å². The van der Waals surface area contributed by atoms with E-state index in [9.17, 15) is 14.5 Å². The number of hydrogen-bond donors (Lipinski definition) is 1. The molecule has 0 aliphatic heterocycles. The Morgan fingerprint density at radius 2 is 2.17 bits per heavy atom. The van der Waals surface area contributed by atoms with Gasteiger partial charge in [-0.25, -0.2) is 9.37 Å². The zero-order valence-corrected chi connectivity index (χ0v) is 13.7. The molecule has 3 rings (SSSR count). The molecule has 0 bridgehead atoms. The summed E-state index contributed by atoms with van der Waals surface area (Å²) >= 11 is 1.63. The molecule has 0 radical (unpaired) electrons. The van der Waals surface area contributed by atoms with Crippen LogP contribution in [-0.2, 0) is 12.1 Å². The van der Waals surface area contributed by atoms with E-state index in [0.717, 1.165) is 42.5 Å². The zero-order valence-electron chi connectivity index (χ0n) is 12.8. The lowest BCUT2D eigenvalue weighted by atomic mass is 9.98. The number of nitrogens with one attached hydrogen (secondary N) is 1. The number of aromatic nitrogens is 1. The average Bonchev–Trinajstić information content (AvgIpc) is 3.15. The number of hydrogen-bond acceptors (Lipinski definition) is 5. The van der Waals surface area contributed by atoms with Crippen molar-refractivity contribution in [1.82, 2.24) is 10.3 Å². The molecule has 1 heterocycles. The maximum absolute atomic E-state index is 14.1. The lowest BCUT2D eigenvalue weighted by Gasteiger charge is -2.28. The minimum Gasteiger partial charge on any atom is -0.301 e. The van der Waals surface area contributed by atoms with Gasteiger partial charge in [-0.05, 0) is 25.8 Å². The minimum absolute atomic E-state index is 0.201. The molecule has 1 aromatic heterocycles. The summed E-state index contributed by atoms with van der Waals surface area (Å²) in [5, 5.41) is 17.2. The highest BCUT2D eigenvalue weighted by Crippen LogP contribution is 2.40. The molecule has 122 valence electrons. The van der Waals surface area contributed by atoms with Gasteiger partial charge in [0.15, 0.2) is 0 Å². The number of aryl methyl sites for hydroxylation is 1. The third-order valence-electron chi connectivity index (χ3n) is 4.35. The third kappa shape index (κ3) is 3.25. The van der Waals surface area contributed by atoms with Crippen LogP contribution in [-0.4, -0.2) is 9.91 Å². The first kappa shape index (κ1) is 16.0. The standard InChI is InChI=1S/C16H18FN3O2S/c1-11-10-23-15(19-11)16(6-2-3-7-16)18-9-12-4-5-13(20(21)22)8-14(12)17/h4-5,8,10,18H,2-3,6-7,9H2,1H3. The zero-order chi connectivity index (χ0) is 16.4. The Hall–Kier alpha value is -1.86. The predicted molar refractivity (Wildman–Crippen MR) is 86.9 cm³/mol. The molecule has 1 aliphatic carbocycles. The van der Waals surface area contributed by atoms with Gasteiger partial charge < -0.3 is 5.32 Å². The molecule has 0 spiro atoms. The van der Waals surface area contributed by atoms with Gasteiger partial charge >= 0.3 is 0 Å². The number of nitro groups is 1. The van der Waals surface area contributed by atoms with Gasteiger partial charge in [-0.15, -0.1) is 11.3 Å². The summed E-state index contributed by atoms with van der Waals surface area (Å²) in [4.78, 5) is 14.7. The highest BCUT2D eigenvalue weighted by atomic mass is 32.1. The summed E-state index contributed by atoms with van der Waals surface area (Å²) in [5.74, 6) is -0.546. The molecular weight excluding hydrogens is 317 g/mol. The fourth-order valence-corrected chi connectivity index (χ4v) is 4.11. The van der Waals surface area contributed by atoms with Crippen molar-refractivity contribution in [3.63, 3.8) is 0 Å². The van der Waals surface area contributed by atoms with Crippen molar-refractivity contribution >= 4 is 17.0 Å². The van der Waals surface area contributed by atoms with Crippen molar-refractivity contribution in [2.75, 3.05) is 0 Å². The van der Waals surface area contributed by atoms with E-state index in [2.05, 4.69) is 10.3 Å². The van der Waals surface area contributed by atoms with Crippen LogP contribution in [0, 0.1) is 22.9 Å². The molecule has 23 heavy (non-hydrogen) atoms. The van der Waals surface area contributed by atoms with Crippen LogP contribution in [0.3, 0.4) is 0 Å². The fraction of sp³-hybridized carbons (Fsp3) is 0.438. The van der Waals surface area contributed by atoms with Gasteiger partial charge in [-0.2, -0.15) is 0 Å². The highest BCUT2D eigenvalue weighted by Gasteiger charge is 2.37. The first-order chi connectivity index (χ1) is 11.0. The number of halogens is 1. The molecule has 0 atom stereocenters. The maximum Gasteiger partial charge on any atom is 0.272 e. The van der Waals surface area contributed by atoms with Crippen LogP contribution >= 0.6 is 11.3 Å². The Bertz CT molecular complexity index is 726. The maximum atomic E-state index is 14.1. The van der Waals surface area contributed by atoms with Crippen LogP contribution in [0.2, 0.25) is 0 Å². The van der Waals surface area contributed by atoms with Crippen molar-refractivity contribution < 1.29 is 9.31 Å². The average molecular weight is 335 g/mol. The third-order valence-corrected chi connectivity index (χ3v) is 5.51. The monoisotopic (exact) mass is 335 g/mol. The van der Waals surface area contributed by atoms with Crippen molar-refractivity contribution in [2.45, 2.75) is 44.7 Å². The molecule has 1 aliphatic rings. The van der Waals surface area contributed by atoms with E-state index in [1.165, 1.54) is 12.1 Å². The predicted octanol–water partition coefficient (Wildman–Crippen LogP) is 4.06. The van der Waals surface area contributed by atoms with Gasteiger partial charge in [0.25, 0.3) is 5.69 Å². The Kier molecular flexibility index (Phi) is 4.41. The normalized spacial score (nSPS) is 16.6. The number of rotatable bonds is 5. The van der Waals surface area contributed by atoms with Crippen LogP contribution in [0.4, 0.5) is 10.1 Å². The number of nitrogens with zero attached hydrogens (tertiary/aromatic N) is 2. The first-order valence-corrected chi connectivity index (χ1v) is 8.49. The Morgan fingerprint density at radius 3 is 2.74 bits per heavy atom. The topological polar surface area (TPSA) is 68.1 Å². The quantitative estimate of drug-likeness (QED) is 0.661. The van der Waals surface area contributed by atoms with E-state index in [4.69, 9.17) is 0 Å². The fourth-order valence-electron chi connectivity index (χ4n) is 3.08. The molecule has 1 saturated carbocycles. The second-order valence-corrected chi connectivity index (χ2v) is 6.83. The summed E-state index contributed by atoms with van der Waals surface area (Å²) in [5.41, 5.74) is 1.01. The number of thiazole rings is 1. The van der Waals surface area contributed by atoms with Gasteiger partial charge in [0.1, 0.15) is 10.8 Å². The van der Waals surface area contributed by atoms with Crippen LogP contribution in [0.5, 0.6) is 0 Å². The number of nitro benzene ring substituents is 1. The molecule has 1 N–H and O–H groups in total. The van der Waals surface area contributed by atoms with Gasteiger partial charge in [0, 0.05) is 29.2 Å². The van der Waals surface area contributed by atoms with E-state index >= 15 is 0 Å². The van der Waals surface area contributed by atoms with Crippen LogP contribution < -0.4 is 5.32 Å². The second-order valence-electron chi connectivity index (χ2n) is 5.97. The molecular formula is C16H18FN3O2S.